The van der Waals surface area contributed by atoms with Crippen molar-refractivity contribution in [1.29, 1.82) is 0 Å². The predicted octanol–water partition coefficient (Wildman–Crippen LogP) is 1.23. The fourth-order valence-corrected chi connectivity index (χ4v) is 1.87. The summed E-state index contributed by atoms with van der Waals surface area (Å²) in [6.45, 7) is 2.20. The Labute approximate surface area is 94.1 Å². The molecule has 0 aliphatic carbocycles. The molecule has 16 heavy (non-hydrogen) atoms. The molecule has 2 N–H and O–H groups in total. The molecule has 1 aliphatic heterocycles. The standard InChI is InChI=1S/C12H14N4/c1-2-4-10(5-3-1)12-14-11(15-16-12)6-9-7-13-8-9/h1-5,9,13H,6-8H2,(H,14,15,16). The molecule has 1 fully saturated rings. The van der Waals surface area contributed by atoms with E-state index in [-0.39, 0.29) is 0 Å². The van der Waals surface area contributed by atoms with E-state index in [1.54, 1.807) is 0 Å². The zero-order chi connectivity index (χ0) is 10.8. The summed E-state index contributed by atoms with van der Waals surface area (Å²) in [6, 6.07) is 10.1. The molecule has 0 bridgehead atoms. The number of nitrogens with one attached hydrogen (secondary N) is 2. The van der Waals surface area contributed by atoms with Crippen LogP contribution in [0.15, 0.2) is 30.3 Å². The molecule has 0 saturated carbocycles. The number of aromatic nitrogens is 3. The summed E-state index contributed by atoms with van der Waals surface area (Å²) >= 11 is 0. The van der Waals surface area contributed by atoms with Crippen LogP contribution < -0.4 is 5.32 Å². The minimum atomic E-state index is 0.719. The zero-order valence-electron chi connectivity index (χ0n) is 8.98. The average Bonchev–Trinajstić information content (AvgIpc) is 2.73. The quantitative estimate of drug-likeness (QED) is 0.808. The Morgan fingerprint density at radius 2 is 2.00 bits per heavy atom. The highest BCUT2D eigenvalue weighted by Gasteiger charge is 2.18. The first-order chi connectivity index (χ1) is 7.92. The number of aromatic amines is 1. The molecule has 0 spiro atoms. The Kier molecular flexibility index (Phi) is 2.42. The average molecular weight is 214 g/mol. The van der Waals surface area contributed by atoms with Crippen molar-refractivity contribution in [2.75, 3.05) is 13.1 Å². The van der Waals surface area contributed by atoms with Gasteiger partial charge in [0.25, 0.3) is 0 Å². The lowest BCUT2D eigenvalue weighted by Gasteiger charge is -2.25. The second-order valence-corrected chi connectivity index (χ2v) is 4.20. The van der Waals surface area contributed by atoms with E-state index >= 15 is 0 Å². The molecule has 0 amide bonds. The minimum Gasteiger partial charge on any atom is -0.316 e. The van der Waals surface area contributed by atoms with Crippen LogP contribution in [0.4, 0.5) is 0 Å². The summed E-state index contributed by atoms with van der Waals surface area (Å²) in [4.78, 5) is 4.51. The van der Waals surface area contributed by atoms with Crippen LogP contribution in [0.3, 0.4) is 0 Å². The van der Waals surface area contributed by atoms with E-state index in [0.717, 1.165) is 42.6 Å². The molecule has 1 aromatic heterocycles. The van der Waals surface area contributed by atoms with Crippen LogP contribution in [-0.2, 0) is 6.42 Å². The molecule has 0 unspecified atom stereocenters. The van der Waals surface area contributed by atoms with Crippen molar-refractivity contribution in [3.05, 3.63) is 36.2 Å². The molecule has 82 valence electrons. The molecule has 1 aromatic carbocycles. The summed E-state index contributed by atoms with van der Waals surface area (Å²) in [6.07, 6.45) is 0.993. The van der Waals surface area contributed by atoms with Gasteiger partial charge < -0.3 is 5.32 Å². The molecule has 3 rings (SSSR count). The third kappa shape index (κ3) is 1.84. The normalized spacial score (nSPS) is 16.0. The molecule has 1 aliphatic rings. The fourth-order valence-electron chi connectivity index (χ4n) is 1.87. The molecule has 0 atom stereocenters. The molecule has 2 heterocycles. The highest BCUT2D eigenvalue weighted by Crippen LogP contribution is 2.15. The van der Waals surface area contributed by atoms with E-state index in [1.807, 2.05) is 30.3 Å². The van der Waals surface area contributed by atoms with Crippen LogP contribution in [0.1, 0.15) is 5.82 Å². The van der Waals surface area contributed by atoms with Gasteiger partial charge in [-0.15, -0.1) is 0 Å². The lowest BCUT2D eigenvalue weighted by atomic mass is 9.99. The van der Waals surface area contributed by atoms with E-state index in [2.05, 4.69) is 20.5 Å². The fraction of sp³-hybridized carbons (Fsp3) is 0.333. The number of rotatable bonds is 3. The summed E-state index contributed by atoms with van der Waals surface area (Å²) in [5.41, 5.74) is 1.07. The maximum Gasteiger partial charge on any atom is 0.181 e. The highest BCUT2D eigenvalue weighted by atomic mass is 15.2. The summed E-state index contributed by atoms with van der Waals surface area (Å²) in [5.74, 6) is 2.50. The van der Waals surface area contributed by atoms with Gasteiger partial charge in [-0.3, -0.25) is 5.10 Å². The number of nitrogens with zero attached hydrogens (tertiary/aromatic N) is 2. The molecule has 4 nitrogen and oxygen atoms in total. The molecular formula is C12H14N4. The Hall–Kier alpha value is -1.68. The van der Waals surface area contributed by atoms with Gasteiger partial charge in [0.1, 0.15) is 5.82 Å². The molecule has 4 heteroatoms. The van der Waals surface area contributed by atoms with Gasteiger partial charge in [0.15, 0.2) is 5.82 Å². The molecular weight excluding hydrogens is 200 g/mol. The maximum atomic E-state index is 4.51. The van der Waals surface area contributed by atoms with Crippen molar-refractivity contribution in [2.45, 2.75) is 6.42 Å². The van der Waals surface area contributed by atoms with Crippen molar-refractivity contribution in [2.24, 2.45) is 5.92 Å². The topological polar surface area (TPSA) is 53.6 Å². The summed E-state index contributed by atoms with van der Waals surface area (Å²) < 4.78 is 0. The molecule has 2 aromatic rings. The Morgan fingerprint density at radius 1 is 1.19 bits per heavy atom. The SMILES string of the molecule is c1ccc(-c2n[nH]c(CC3CNC3)n2)cc1. The van der Waals surface area contributed by atoms with Crippen LogP contribution in [0, 0.1) is 5.92 Å². The third-order valence-corrected chi connectivity index (χ3v) is 2.91. The van der Waals surface area contributed by atoms with E-state index < -0.39 is 0 Å². The van der Waals surface area contributed by atoms with E-state index in [0.29, 0.717) is 0 Å². The molecule has 0 radical (unpaired) electrons. The zero-order valence-corrected chi connectivity index (χ0v) is 8.98. The van der Waals surface area contributed by atoms with Gasteiger partial charge in [-0.1, -0.05) is 30.3 Å². The van der Waals surface area contributed by atoms with Crippen molar-refractivity contribution >= 4 is 0 Å². The number of benzene rings is 1. The van der Waals surface area contributed by atoms with Gasteiger partial charge in [-0.2, -0.15) is 5.10 Å². The van der Waals surface area contributed by atoms with Crippen molar-refractivity contribution in [3.8, 4) is 11.4 Å². The van der Waals surface area contributed by atoms with Gasteiger partial charge >= 0.3 is 0 Å². The van der Waals surface area contributed by atoms with Gasteiger partial charge in [-0.25, -0.2) is 4.98 Å². The van der Waals surface area contributed by atoms with Gasteiger partial charge in [0.05, 0.1) is 0 Å². The van der Waals surface area contributed by atoms with E-state index in [4.69, 9.17) is 0 Å². The Bertz CT molecular complexity index is 459. The van der Waals surface area contributed by atoms with Crippen molar-refractivity contribution in [1.82, 2.24) is 20.5 Å². The predicted molar refractivity (Wildman–Crippen MR) is 61.9 cm³/mol. The maximum absolute atomic E-state index is 4.51. The number of hydrogen-bond donors (Lipinski definition) is 2. The first-order valence-electron chi connectivity index (χ1n) is 5.59. The summed E-state index contributed by atoms with van der Waals surface area (Å²) in [5, 5.41) is 10.5. The molecule has 1 saturated heterocycles. The van der Waals surface area contributed by atoms with Crippen LogP contribution in [0.2, 0.25) is 0 Å². The second kappa shape index (κ2) is 4.06. The second-order valence-electron chi connectivity index (χ2n) is 4.20. The third-order valence-electron chi connectivity index (χ3n) is 2.91. The lowest BCUT2D eigenvalue weighted by molar-refractivity contribution is 0.341. The van der Waals surface area contributed by atoms with Gasteiger partial charge in [0, 0.05) is 12.0 Å². The summed E-state index contributed by atoms with van der Waals surface area (Å²) in [7, 11) is 0. The monoisotopic (exact) mass is 214 g/mol. The van der Waals surface area contributed by atoms with Crippen LogP contribution in [-0.4, -0.2) is 28.3 Å². The smallest absolute Gasteiger partial charge is 0.181 e. The Morgan fingerprint density at radius 3 is 2.69 bits per heavy atom. The van der Waals surface area contributed by atoms with E-state index in [1.165, 1.54) is 0 Å². The first-order valence-corrected chi connectivity index (χ1v) is 5.59. The van der Waals surface area contributed by atoms with Gasteiger partial charge in [-0.05, 0) is 19.0 Å². The van der Waals surface area contributed by atoms with Gasteiger partial charge in [0.2, 0.25) is 0 Å². The lowest BCUT2D eigenvalue weighted by Crippen LogP contribution is -2.43. The van der Waals surface area contributed by atoms with Crippen LogP contribution >= 0.6 is 0 Å². The van der Waals surface area contributed by atoms with Crippen LogP contribution in [0.5, 0.6) is 0 Å². The van der Waals surface area contributed by atoms with Crippen molar-refractivity contribution < 1.29 is 0 Å². The number of hydrogen-bond acceptors (Lipinski definition) is 3. The highest BCUT2D eigenvalue weighted by molar-refractivity contribution is 5.53. The largest absolute Gasteiger partial charge is 0.316 e. The van der Waals surface area contributed by atoms with E-state index in [9.17, 15) is 0 Å². The minimum absolute atomic E-state index is 0.719. The first kappa shape index (κ1) is 9.54. The van der Waals surface area contributed by atoms with Crippen molar-refractivity contribution in [3.63, 3.8) is 0 Å². The number of H-pyrrole nitrogens is 1. The van der Waals surface area contributed by atoms with Crippen LogP contribution in [0.25, 0.3) is 11.4 Å². The Balaban J connectivity index is 1.77.